The molecular formula is C25H31F2N2O8P. The van der Waals surface area contributed by atoms with E-state index in [2.05, 4.69) is 5.32 Å². The summed E-state index contributed by atoms with van der Waals surface area (Å²) in [6.07, 6.45) is 3.67. The van der Waals surface area contributed by atoms with Gasteiger partial charge in [0, 0.05) is 13.2 Å². The van der Waals surface area contributed by atoms with Crippen LogP contribution >= 0.6 is 8.60 Å². The number of methoxy groups -OCH3 is 2. The molecule has 0 spiro atoms. The highest BCUT2D eigenvalue weighted by atomic mass is 31.2. The summed E-state index contributed by atoms with van der Waals surface area (Å²) in [7, 11) is 2.87. The van der Waals surface area contributed by atoms with Crippen molar-refractivity contribution in [2.24, 2.45) is 0 Å². The molecule has 208 valence electrons. The minimum Gasteiger partial charge on any atom is -0.497 e. The number of carbonyl (C=O) groups is 2. The lowest BCUT2D eigenvalue weighted by Gasteiger charge is -2.25. The molecule has 1 fully saturated rings. The van der Waals surface area contributed by atoms with Gasteiger partial charge in [0.05, 0.1) is 26.9 Å². The number of rotatable bonds is 12. The van der Waals surface area contributed by atoms with Crippen LogP contribution in [-0.4, -0.2) is 64.4 Å². The maximum Gasteiger partial charge on any atom is 0.463 e. The Morgan fingerprint density at radius 3 is 1.95 bits per heavy atom. The zero-order valence-corrected chi connectivity index (χ0v) is 22.1. The molecule has 2 unspecified atom stereocenters. The number of aldehydes is 1. The number of halogens is 2. The highest BCUT2D eigenvalue weighted by Gasteiger charge is 2.33. The van der Waals surface area contributed by atoms with Crippen LogP contribution in [0, 0.1) is 0 Å². The van der Waals surface area contributed by atoms with Crippen molar-refractivity contribution in [1.82, 2.24) is 10.2 Å². The molecule has 3 rings (SSSR count). The largest absolute Gasteiger partial charge is 0.497 e. The summed E-state index contributed by atoms with van der Waals surface area (Å²) >= 11 is 0. The standard InChI is InChI=1S/C24H29N2O8P.CH2F2/c1-25-24(28)26(15-4-16-27)23-14-13-22(32-23)17-31-35(33-20-9-5-18(29-2)6-10-20)34-21-11-7-19(30-3)8-12-21;2-1-3/h4-12,15-16,22-23H,13-14,17H2,1-3H3,(H,25,28);1H2/b15-4-;. The summed E-state index contributed by atoms with van der Waals surface area (Å²) in [5.74, 6) is 2.52. The number of carbonyl (C=O) groups excluding carboxylic acids is 2. The molecule has 38 heavy (non-hydrogen) atoms. The van der Waals surface area contributed by atoms with Crippen molar-refractivity contribution in [3.05, 3.63) is 60.8 Å². The number of nitrogens with zero attached hydrogens (tertiary/aromatic N) is 1. The van der Waals surface area contributed by atoms with Gasteiger partial charge in [0.15, 0.2) is 0 Å². The van der Waals surface area contributed by atoms with Crippen molar-refractivity contribution in [3.8, 4) is 23.0 Å². The number of allylic oxidation sites excluding steroid dienone is 1. The maximum absolute atomic E-state index is 12.2. The van der Waals surface area contributed by atoms with E-state index >= 15 is 0 Å². The normalized spacial score (nSPS) is 16.4. The fourth-order valence-electron chi connectivity index (χ4n) is 3.23. The van der Waals surface area contributed by atoms with E-state index in [1.165, 1.54) is 24.2 Å². The molecule has 2 aromatic carbocycles. The van der Waals surface area contributed by atoms with E-state index in [1.807, 2.05) is 0 Å². The van der Waals surface area contributed by atoms with Crippen LogP contribution in [0.3, 0.4) is 0 Å². The van der Waals surface area contributed by atoms with Crippen LogP contribution in [0.2, 0.25) is 0 Å². The number of urea groups is 1. The third-order valence-electron chi connectivity index (χ3n) is 5.01. The van der Waals surface area contributed by atoms with E-state index in [9.17, 15) is 18.4 Å². The molecule has 1 saturated heterocycles. The van der Waals surface area contributed by atoms with Crippen LogP contribution in [0.25, 0.3) is 0 Å². The van der Waals surface area contributed by atoms with Gasteiger partial charge >= 0.3 is 14.6 Å². The quantitative estimate of drug-likeness (QED) is 0.218. The summed E-state index contributed by atoms with van der Waals surface area (Å²) in [5.41, 5.74) is 0. The first kappa shape index (κ1) is 30.8. The van der Waals surface area contributed by atoms with Gasteiger partial charge in [-0.1, -0.05) is 0 Å². The topological polar surface area (TPSA) is 105 Å². The van der Waals surface area contributed by atoms with Gasteiger partial charge in [-0.05, 0) is 67.4 Å². The minimum atomic E-state index is -1.83. The van der Waals surface area contributed by atoms with E-state index in [4.69, 9.17) is 27.8 Å². The molecule has 0 saturated carbocycles. The van der Waals surface area contributed by atoms with E-state index in [1.54, 1.807) is 62.8 Å². The average Bonchev–Trinajstić information content (AvgIpc) is 3.41. The van der Waals surface area contributed by atoms with Crippen LogP contribution in [0.15, 0.2) is 60.8 Å². The van der Waals surface area contributed by atoms with Gasteiger partial charge < -0.3 is 28.6 Å². The number of hydrogen-bond acceptors (Lipinski definition) is 8. The molecule has 0 bridgehead atoms. The number of nitrogens with one attached hydrogen (secondary N) is 1. The molecule has 1 aliphatic heterocycles. The first-order chi connectivity index (χ1) is 18.5. The fourth-order valence-corrected chi connectivity index (χ4v) is 4.24. The predicted octanol–water partition coefficient (Wildman–Crippen LogP) is 5.15. The van der Waals surface area contributed by atoms with Crippen molar-refractivity contribution >= 4 is 20.9 Å². The molecule has 0 aliphatic carbocycles. The molecule has 1 N–H and O–H groups in total. The zero-order valence-electron chi connectivity index (χ0n) is 21.3. The number of amides is 2. The molecule has 13 heteroatoms. The van der Waals surface area contributed by atoms with Crippen molar-refractivity contribution in [3.63, 3.8) is 0 Å². The van der Waals surface area contributed by atoms with E-state index in [0.29, 0.717) is 42.1 Å². The maximum atomic E-state index is 12.2. The second-order valence-electron chi connectivity index (χ2n) is 7.38. The third kappa shape index (κ3) is 10.1. The van der Waals surface area contributed by atoms with E-state index in [-0.39, 0.29) is 18.7 Å². The molecule has 2 atom stereocenters. The fraction of sp³-hybridized carbons (Fsp3) is 0.360. The summed E-state index contributed by atoms with van der Waals surface area (Å²) in [4.78, 5) is 24.2. The molecule has 1 aliphatic rings. The lowest BCUT2D eigenvalue weighted by molar-refractivity contribution is -0.104. The van der Waals surface area contributed by atoms with Crippen LogP contribution in [0.5, 0.6) is 23.0 Å². The highest BCUT2D eigenvalue weighted by Crippen LogP contribution is 2.43. The number of ether oxygens (including phenoxy) is 3. The van der Waals surface area contributed by atoms with Crippen LogP contribution in [0.1, 0.15) is 12.8 Å². The first-order valence-electron chi connectivity index (χ1n) is 11.4. The van der Waals surface area contributed by atoms with Crippen LogP contribution in [0.4, 0.5) is 13.6 Å². The SMILES string of the molecule is CNC(=O)N(/C=C\C=O)C1CCC(COP(Oc2ccc(OC)cc2)Oc2ccc(OC)cc2)O1.FCF. The van der Waals surface area contributed by atoms with Crippen LogP contribution in [-0.2, 0) is 14.1 Å². The van der Waals surface area contributed by atoms with Gasteiger partial charge in [-0.2, -0.15) is 0 Å². The van der Waals surface area contributed by atoms with Gasteiger partial charge in [0.25, 0.3) is 0 Å². The molecule has 1 heterocycles. The Hall–Kier alpha value is -3.47. The number of benzene rings is 2. The molecule has 10 nitrogen and oxygen atoms in total. The second-order valence-corrected chi connectivity index (χ2v) is 8.45. The Morgan fingerprint density at radius 2 is 1.50 bits per heavy atom. The van der Waals surface area contributed by atoms with Gasteiger partial charge in [-0.25, -0.2) is 13.6 Å². The van der Waals surface area contributed by atoms with Gasteiger partial charge in [-0.15, -0.1) is 0 Å². The Bertz CT molecular complexity index is 948. The first-order valence-corrected chi connectivity index (χ1v) is 12.5. The van der Waals surface area contributed by atoms with Gasteiger partial charge in [-0.3, -0.25) is 14.2 Å². The molecule has 0 radical (unpaired) electrons. The number of alkyl halides is 2. The van der Waals surface area contributed by atoms with E-state index < -0.39 is 21.8 Å². The van der Waals surface area contributed by atoms with Crippen molar-refractivity contribution in [2.45, 2.75) is 25.2 Å². The minimum absolute atomic E-state index is 0.188. The van der Waals surface area contributed by atoms with Gasteiger partial charge in [0.2, 0.25) is 6.93 Å². The Morgan fingerprint density at radius 1 is 1.00 bits per heavy atom. The Kier molecular flexibility index (Phi) is 13.9. The second kappa shape index (κ2) is 17.1. The summed E-state index contributed by atoms with van der Waals surface area (Å²) in [6, 6.07) is 13.8. The summed E-state index contributed by atoms with van der Waals surface area (Å²) in [5, 5.41) is 2.54. The molecule has 2 aromatic rings. The Balaban J connectivity index is 0.00000161. The number of hydrogen-bond donors (Lipinski definition) is 1. The molecule has 2 amide bonds. The predicted molar refractivity (Wildman–Crippen MR) is 137 cm³/mol. The smallest absolute Gasteiger partial charge is 0.463 e. The molecular weight excluding hydrogens is 525 g/mol. The Labute approximate surface area is 221 Å². The molecule has 0 aromatic heterocycles. The highest BCUT2D eigenvalue weighted by molar-refractivity contribution is 7.42. The summed E-state index contributed by atoms with van der Waals surface area (Å²) < 4.78 is 53.5. The van der Waals surface area contributed by atoms with Gasteiger partial charge in [0.1, 0.15) is 35.5 Å². The monoisotopic (exact) mass is 556 g/mol. The third-order valence-corrected chi connectivity index (χ3v) is 6.09. The average molecular weight is 556 g/mol. The van der Waals surface area contributed by atoms with Crippen molar-refractivity contribution in [2.75, 3.05) is 34.8 Å². The van der Waals surface area contributed by atoms with E-state index in [0.717, 1.165) is 0 Å². The van der Waals surface area contributed by atoms with Crippen molar-refractivity contribution in [1.29, 1.82) is 0 Å². The van der Waals surface area contributed by atoms with Crippen molar-refractivity contribution < 1.29 is 46.2 Å². The lowest BCUT2D eigenvalue weighted by Crippen LogP contribution is -2.41. The van der Waals surface area contributed by atoms with Crippen LogP contribution < -0.4 is 23.8 Å². The summed E-state index contributed by atoms with van der Waals surface area (Å²) in [6.45, 7) is -1.56. The zero-order chi connectivity index (χ0) is 27.8. The lowest BCUT2D eigenvalue weighted by atomic mass is 10.2.